The van der Waals surface area contributed by atoms with Crippen LogP contribution in [0.2, 0.25) is 0 Å². The van der Waals surface area contributed by atoms with Crippen molar-refractivity contribution in [3.05, 3.63) is 0 Å². The first kappa shape index (κ1) is 12.1. The van der Waals surface area contributed by atoms with Gasteiger partial charge in [-0.05, 0) is 39.5 Å². The van der Waals surface area contributed by atoms with E-state index in [2.05, 4.69) is 4.99 Å². The molecule has 0 bridgehead atoms. The summed E-state index contributed by atoms with van der Waals surface area (Å²) in [6.07, 6.45) is 3.06. The van der Waals surface area contributed by atoms with E-state index >= 15 is 0 Å². The number of Topliss-reactive ketones (excluding diaryl/α,β-unsaturated/α-hetero) is 2. The van der Waals surface area contributed by atoms with E-state index in [0.717, 1.165) is 18.6 Å². The lowest BCUT2D eigenvalue weighted by atomic mass is 9.82. The van der Waals surface area contributed by atoms with Crippen LogP contribution >= 0.6 is 0 Å². The highest BCUT2D eigenvalue weighted by Crippen LogP contribution is 2.26. The van der Waals surface area contributed by atoms with Crippen LogP contribution in [0.15, 0.2) is 4.99 Å². The molecule has 2 unspecified atom stereocenters. The fraction of sp³-hybridized carbons (Fsp3) is 0.750. The molecule has 1 fully saturated rings. The van der Waals surface area contributed by atoms with Crippen molar-refractivity contribution in [2.45, 2.75) is 52.5 Å². The number of carbonyl (C=O) groups excluding carboxylic acids is 2. The molecule has 15 heavy (non-hydrogen) atoms. The summed E-state index contributed by atoms with van der Waals surface area (Å²) in [7, 11) is 0. The zero-order chi connectivity index (χ0) is 11.4. The summed E-state index contributed by atoms with van der Waals surface area (Å²) in [5.74, 6) is 0.496. The number of rotatable bonds is 3. The molecule has 0 amide bonds. The highest BCUT2D eigenvalue weighted by Gasteiger charge is 2.29. The Hall–Kier alpha value is -0.990. The predicted molar refractivity (Wildman–Crippen MR) is 60.2 cm³/mol. The SMILES string of the molecule is CC(=O)C(N=C(C)C)C1CCCC(=O)C1. The van der Waals surface area contributed by atoms with Crippen LogP contribution in [-0.4, -0.2) is 23.3 Å². The largest absolute Gasteiger partial charge is 0.300 e. The summed E-state index contributed by atoms with van der Waals surface area (Å²) >= 11 is 0. The molecule has 3 heteroatoms. The van der Waals surface area contributed by atoms with Gasteiger partial charge < -0.3 is 0 Å². The second kappa shape index (κ2) is 5.19. The van der Waals surface area contributed by atoms with E-state index in [1.54, 1.807) is 6.92 Å². The smallest absolute Gasteiger partial charge is 0.154 e. The van der Waals surface area contributed by atoms with Crippen molar-refractivity contribution in [1.82, 2.24) is 0 Å². The van der Waals surface area contributed by atoms with E-state index in [4.69, 9.17) is 0 Å². The third kappa shape index (κ3) is 3.57. The van der Waals surface area contributed by atoms with E-state index in [9.17, 15) is 9.59 Å². The first-order valence-electron chi connectivity index (χ1n) is 5.54. The first-order chi connectivity index (χ1) is 7.00. The Bertz CT molecular complexity index is 290. The second-order valence-electron chi connectivity index (χ2n) is 4.53. The number of hydrogen-bond donors (Lipinski definition) is 0. The van der Waals surface area contributed by atoms with E-state index in [1.807, 2.05) is 13.8 Å². The summed E-state index contributed by atoms with van der Waals surface area (Å²) in [6.45, 7) is 5.34. The van der Waals surface area contributed by atoms with Crippen LogP contribution in [0.3, 0.4) is 0 Å². The minimum absolute atomic E-state index is 0.0795. The van der Waals surface area contributed by atoms with Crippen LogP contribution in [0, 0.1) is 5.92 Å². The van der Waals surface area contributed by atoms with Gasteiger partial charge in [-0.15, -0.1) is 0 Å². The van der Waals surface area contributed by atoms with Gasteiger partial charge in [0.05, 0.1) is 0 Å². The van der Waals surface area contributed by atoms with Crippen LogP contribution in [0.1, 0.15) is 46.5 Å². The van der Waals surface area contributed by atoms with Crippen LogP contribution in [0.25, 0.3) is 0 Å². The Morgan fingerprint density at radius 2 is 2.07 bits per heavy atom. The van der Waals surface area contributed by atoms with Gasteiger partial charge in [-0.2, -0.15) is 0 Å². The molecule has 3 nitrogen and oxygen atoms in total. The van der Waals surface area contributed by atoms with Crippen molar-refractivity contribution in [1.29, 1.82) is 0 Å². The lowest BCUT2D eigenvalue weighted by molar-refractivity contribution is -0.123. The van der Waals surface area contributed by atoms with Gasteiger partial charge in [-0.1, -0.05) is 0 Å². The summed E-state index contributed by atoms with van der Waals surface area (Å²) in [5, 5.41) is 0. The highest BCUT2D eigenvalue weighted by molar-refractivity contribution is 5.88. The minimum Gasteiger partial charge on any atom is -0.300 e. The number of aliphatic imine (C=N–C) groups is 1. The molecule has 0 aromatic heterocycles. The normalized spacial score (nSPS) is 23.4. The van der Waals surface area contributed by atoms with Crippen molar-refractivity contribution in [3.8, 4) is 0 Å². The zero-order valence-corrected chi connectivity index (χ0v) is 9.75. The van der Waals surface area contributed by atoms with Crippen molar-refractivity contribution in [3.63, 3.8) is 0 Å². The maximum Gasteiger partial charge on any atom is 0.154 e. The molecular formula is C12H19NO2. The number of hydrogen-bond acceptors (Lipinski definition) is 3. The maximum absolute atomic E-state index is 11.5. The van der Waals surface area contributed by atoms with Crippen molar-refractivity contribution in [2.75, 3.05) is 0 Å². The molecule has 1 aliphatic rings. The molecule has 0 radical (unpaired) electrons. The first-order valence-corrected chi connectivity index (χ1v) is 5.54. The fourth-order valence-electron chi connectivity index (χ4n) is 2.13. The van der Waals surface area contributed by atoms with Gasteiger partial charge in [0.1, 0.15) is 11.8 Å². The Balaban J connectivity index is 2.75. The molecule has 0 saturated heterocycles. The summed E-state index contributed by atoms with van der Waals surface area (Å²) < 4.78 is 0. The van der Waals surface area contributed by atoms with E-state index in [0.29, 0.717) is 12.8 Å². The van der Waals surface area contributed by atoms with Gasteiger partial charge in [-0.25, -0.2) is 0 Å². The Kier molecular flexibility index (Phi) is 4.18. The van der Waals surface area contributed by atoms with Gasteiger partial charge in [0.15, 0.2) is 5.78 Å². The van der Waals surface area contributed by atoms with Crippen molar-refractivity contribution >= 4 is 17.3 Å². The topological polar surface area (TPSA) is 46.5 Å². The van der Waals surface area contributed by atoms with E-state index in [1.165, 1.54) is 0 Å². The Morgan fingerprint density at radius 1 is 1.40 bits per heavy atom. The lowest BCUT2D eigenvalue weighted by Gasteiger charge is -2.25. The molecule has 1 rings (SSSR count). The minimum atomic E-state index is -0.292. The van der Waals surface area contributed by atoms with Crippen LogP contribution in [0.4, 0.5) is 0 Å². The van der Waals surface area contributed by atoms with Gasteiger partial charge >= 0.3 is 0 Å². The molecule has 1 aliphatic carbocycles. The molecule has 0 N–H and O–H groups in total. The molecule has 0 spiro atoms. The van der Waals surface area contributed by atoms with Crippen LogP contribution in [-0.2, 0) is 9.59 Å². The third-order valence-electron chi connectivity index (χ3n) is 2.78. The van der Waals surface area contributed by atoms with Gasteiger partial charge in [0, 0.05) is 18.6 Å². The molecule has 0 aromatic carbocycles. The number of nitrogens with zero attached hydrogens (tertiary/aromatic N) is 1. The second-order valence-corrected chi connectivity index (χ2v) is 4.53. The lowest BCUT2D eigenvalue weighted by Crippen LogP contribution is -2.31. The van der Waals surface area contributed by atoms with E-state index in [-0.39, 0.29) is 23.5 Å². The molecule has 0 aliphatic heterocycles. The molecular weight excluding hydrogens is 190 g/mol. The monoisotopic (exact) mass is 209 g/mol. The Labute approximate surface area is 91.0 Å². The van der Waals surface area contributed by atoms with Crippen molar-refractivity contribution < 1.29 is 9.59 Å². The average Bonchev–Trinajstić information content (AvgIpc) is 2.13. The predicted octanol–water partition coefficient (Wildman–Crippen LogP) is 2.18. The molecule has 0 aromatic rings. The standard InChI is InChI=1S/C12H19NO2/c1-8(2)13-12(9(3)14)10-5-4-6-11(15)7-10/h10,12H,4-7H2,1-3H3. The van der Waals surface area contributed by atoms with Crippen molar-refractivity contribution in [2.24, 2.45) is 10.9 Å². The quantitative estimate of drug-likeness (QED) is 0.669. The van der Waals surface area contributed by atoms with Gasteiger partial charge in [-0.3, -0.25) is 14.6 Å². The summed E-state index contributed by atoms with van der Waals surface area (Å²) in [4.78, 5) is 27.1. The summed E-state index contributed by atoms with van der Waals surface area (Å²) in [6, 6.07) is -0.292. The molecule has 84 valence electrons. The highest BCUT2D eigenvalue weighted by atomic mass is 16.1. The number of ketones is 2. The summed E-state index contributed by atoms with van der Waals surface area (Å²) in [5.41, 5.74) is 0.910. The Morgan fingerprint density at radius 3 is 2.53 bits per heavy atom. The maximum atomic E-state index is 11.5. The average molecular weight is 209 g/mol. The van der Waals surface area contributed by atoms with Gasteiger partial charge in [0.25, 0.3) is 0 Å². The third-order valence-corrected chi connectivity index (χ3v) is 2.78. The molecule has 2 atom stereocenters. The zero-order valence-electron chi connectivity index (χ0n) is 9.75. The van der Waals surface area contributed by atoms with Gasteiger partial charge in [0.2, 0.25) is 0 Å². The molecule has 1 saturated carbocycles. The van der Waals surface area contributed by atoms with Crippen LogP contribution < -0.4 is 0 Å². The van der Waals surface area contributed by atoms with Crippen LogP contribution in [0.5, 0.6) is 0 Å². The number of carbonyl (C=O) groups is 2. The fourth-order valence-corrected chi connectivity index (χ4v) is 2.13. The molecule has 0 heterocycles. The van der Waals surface area contributed by atoms with E-state index < -0.39 is 0 Å².